The monoisotopic (exact) mass is 794 g/mol. The van der Waals surface area contributed by atoms with E-state index < -0.39 is 11.1 Å². The Morgan fingerprint density at radius 1 is 0.830 bits per heavy atom. The highest BCUT2D eigenvalue weighted by atomic mass is 79.9. The molecule has 0 spiro atoms. The largest absolute Gasteiger partial charge is 0.494 e. The van der Waals surface area contributed by atoms with Crippen molar-refractivity contribution in [3.05, 3.63) is 93.2 Å². The Bertz CT molecular complexity index is 2010. The third-order valence-corrected chi connectivity index (χ3v) is 11.9. The molecule has 2 heterocycles. The van der Waals surface area contributed by atoms with Crippen LogP contribution in [0.5, 0.6) is 11.5 Å². The van der Waals surface area contributed by atoms with E-state index in [4.69, 9.17) is 25.8 Å². The number of likely N-dealkylation sites (N-methyl/N-ethyl adjacent to an activating group) is 2. The van der Waals surface area contributed by atoms with Gasteiger partial charge in [0.1, 0.15) is 17.6 Å². The van der Waals surface area contributed by atoms with Crippen molar-refractivity contribution in [1.82, 2.24) is 0 Å². The van der Waals surface area contributed by atoms with Gasteiger partial charge in [0.25, 0.3) is 0 Å². The molecule has 5 nitrogen and oxygen atoms in total. The molecule has 0 saturated heterocycles. The standard InChI is InChI=1S/C46H52BrClN2O3/c1-9-11-29-51-36-21-23-40-38(32-36)44(3,4)42(49(40)7)25-20-34-18-17-19-35(43(34)47)26-27-46(53-31-16-14-13-15-28-48)45(5,6)39-33-37(52-30-12-10-2)22-24-41(39)50(46)8/h20-27,32-33H,9-12,17-19,29-30H2,1-8H3/b27-26+,34-20+,42-25-. The summed E-state index contributed by atoms with van der Waals surface area (Å²) >= 11 is 9.49. The smallest absolute Gasteiger partial charge is 0.222 e. The van der Waals surface area contributed by atoms with Crippen LogP contribution in [0.4, 0.5) is 11.4 Å². The van der Waals surface area contributed by atoms with Gasteiger partial charge in [0.05, 0.1) is 18.6 Å². The molecular formula is C46H52BrClN2O3. The summed E-state index contributed by atoms with van der Waals surface area (Å²) in [4.78, 5) is 4.48. The third kappa shape index (κ3) is 8.19. The van der Waals surface area contributed by atoms with Crippen molar-refractivity contribution in [1.29, 1.82) is 0 Å². The molecule has 0 aromatic heterocycles. The molecule has 0 radical (unpaired) electrons. The fraction of sp³-hybridized carbons (Fsp3) is 0.435. The van der Waals surface area contributed by atoms with Crippen molar-refractivity contribution >= 4 is 38.9 Å². The van der Waals surface area contributed by atoms with Crippen LogP contribution in [0.25, 0.3) is 0 Å². The predicted molar refractivity (Wildman–Crippen MR) is 225 cm³/mol. The van der Waals surface area contributed by atoms with Crippen LogP contribution in [0.15, 0.2) is 82.0 Å². The predicted octanol–water partition coefficient (Wildman–Crippen LogP) is 11.3. The van der Waals surface area contributed by atoms with Crippen LogP contribution in [0.3, 0.4) is 0 Å². The van der Waals surface area contributed by atoms with Gasteiger partial charge in [-0.25, -0.2) is 0 Å². The van der Waals surface area contributed by atoms with Gasteiger partial charge in [-0.05, 0) is 128 Å². The van der Waals surface area contributed by atoms with Crippen LogP contribution < -0.4 is 19.3 Å². The minimum absolute atomic E-state index is 0.168. The first-order valence-corrected chi connectivity index (χ1v) is 19.9. The number of allylic oxidation sites excluding steroid dienone is 7. The number of rotatable bonds is 12. The Balaban J connectivity index is 1.48. The van der Waals surface area contributed by atoms with Crippen molar-refractivity contribution in [3.8, 4) is 46.7 Å². The number of hydrogen-bond acceptors (Lipinski definition) is 5. The zero-order valence-electron chi connectivity index (χ0n) is 32.5. The molecule has 0 fully saturated rings. The minimum Gasteiger partial charge on any atom is -0.494 e. The van der Waals surface area contributed by atoms with Crippen molar-refractivity contribution in [2.75, 3.05) is 37.1 Å². The number of fused-ring (bicyclic) bond motifs is 2. The van der Waals surface area contributed by atoms with Gasteiger partial charge in [-0.15, -0.1) is 0 Å². The molecule has 2 aromatic carbocycles. The lowest BCUT2D eigenvalue weighted by Gasteiger charge is -2.41. The van der Waals surface area contributed by atoms with Gasteiger partial charge in [-0.1, -0.05) is 68.6 Å². The molecule has 1 atom stereocenters. The molecule has 278 valence electrons. The fourth-order valence-corrected chi connectivity index (χ4v) is 8.34. The maximum atomic E-state index is 6.57. The maximum absolute atomic E-state index is 6.57. The highest BCUT2D eigenvalue weighted by Crippen LogP contribution is 2.54. The van der Waals surface area contributed by atoms with E-state index >= 15 is 0 Å². The number of hydrogen-bond donors (Lipinski definition) is 0. The summed E-state index contributed by atoms with van der Waals surface area (Å²) in [6.45, 7) is 14.8. The van der Waals surface area contributed by atoms with Gasteiger partial charge in [0.15, 0.2) is 0 Å². The molecule has 5 rings (SSSR count). The summed E-state index contributed by atoms with van der Waals surface area (Å²) in [6, 6.07) is 12.8. The molecule has 3 aliphatic rings. The Labute approximate surface area is 331 Å². The second kappa shape index (κ2) is 17.3. The van der Waals surface area contributed by atoms with Crippen LogP contribution in [-0.4, -0.2) is 33.0 Å². The SMILES string of the molecule is CCCCOc1ccc2c(c1)C(C)(C)/C(=C/C=C1\CCCC(/C=C/C3(OC#CC#CC#CCl)N(C)c4ccc(OCCCC)cc4C3(C)C)=C1Br)N2C. The Hall–Kier alpha value is -4.15. The molecule has 2 aromatic rings. The van der Waals surface area contributed by atoms with Gasteiger partial charge < -0.3 is 24.0 Å². The second-order valence-electron chi connectivity index (χ2n) is 14.9. The zero-order valence-corrected chi connectivity index (χ0v) is 34.9. The first-order chi connectivity index (χ1) is 25.4. The first kappa shape index (κ1) is 40.0. The number of benzene rings is 2. The number of halogens is 2. The van der Waals surface area contributed by atoms with Crippen LogP contribution in [0.2, 0.25) is 0 Å². The number of unbranched alkanes of at least 4 members (excludes halogenated alkanes) is 2. The lowest BCUT2D eigenvalue weighted by Crippen LogP contribution is -2.54. The molecule has 0 N–H and O–H groups in total. The molecule has 0 bridgehead atoms. The highest BCUT2D eigenvalue weighted by molar-refractivity contribution is 9.12. The molecule has 0 saturated carbocycles. The van der Waals surface area contributed by atoms with E-state index in [1.54, 1.807) is 0 Å². The number of anilines is 2. The summed E-state index contributed by atoms with van der Waals surface area (Å²) in [7, 11) is 4.22. The first-order valence-electron chi connectivity index (χ1n) is 18.7. The molecule has 53 heavy (non-hydrogen) atoms. The molecule has 0 amide bonds. The highest BCUT2D eigenvalue weighted by Gasteiger charge is 2.57. The van der Waals surface area contributed by atoms with Crippen molar-refractivity contribution < 1.29 is 14.2 Å². The van der Waals surface area contributed by atoms with Crippen LogP contribution in [-0.2, 0) is 15.6 Å². The Morgan fingerprint density at radius 3 is 2.13 bits per heavy atom. The van der Waals surface area contributed by atoms with E-state index in [0.29, 0.717) is 6.61 Å². The quantitative estimate of drug-likeness (QED) is 0.158. The van der Waals surface area contributed by atoms with Crippen LogP contribution in [0, 0.1) is 35.2 Å². The second-order valence-corrected chi connectivity index (χ2v) is 15.9. The topological polar surface area (TPSA) is 34.2 Å². The average molecular weight is 796 g/mol. The van der Waals surface area contributed by atoms with Crippen molar-refractivity contribution in [2.45, 2.75) is 103 Å². The van der Waals surface area contributed by atoms with Gasteiger partial charge in [-0.3, -0.25) is 0 Å². The van der Waals surface area contributed by atoms with E-state index in [2.05, 4.69) is 171 Å². The summed E-state index contributed by atoms with van der Waals surface area (Å²) in [5.74, 6) is 12.5. The van der Waals surface area contributed by atoms with Crippen LogP contribution >= 0.6 is 27.5 Å². The van der Waals surface area contributed by atoms with Gasteiger partial charge in [0, 0.05) is 70.1 Å². The van der Waals surface area contributed by atoms with E-state index in [-0.39, 0.29) is 5.41 Å². The Kier molecular flexibility index (Phi) is 13.1. The minimum atomic E-state index is -0.935. The van der Waals surface area contributed by atoms with E-state index in [1.807, 2.05) is 6.07 Å². The third-order valence-electron chi connectivity index (χ3n) is 10.8. The molecule has 1 unspecified atom stereocenters. The molecule has 7 heteroatoms. The normalized spacial score (nSPS) is 21.0. The van der Waals surface area contributed by atoms with E-state index in [1.165, 1.54) is 28.1 Å². The van der Waals surface area contributed by atoms with Crippen LogP contribution in [0.1, 0.15) is 97.6 Å². The summed E-state index contributed by atoms with van der Waals surface area (Å²) < 4.78 is 19.9. The van der Waals surface area contributed by atoms with Gasteiger partial charge in [-0.2, -0.15) is 0 Å². The van der Waals surface area contributed by atoms with Gasteiger partial charge in [0.2, 0.25) is 5.72 Å². The van der Waals surface area contributed by atoms with E-state index in [9.17, 15) is 0 Å². The summed E-state index contributed by atoms with van der Waals surface area (Å²) in [5.41, 5.74) is 6.84. The zero-order chi connectivity index (χ0) is 38.2. The molecule has 1 aliphatic carbocycles. The summed E-state index contributed by atoms with van der Waals surface area (Å²) in [5, 5.41) is 2.26. The average Bonchev–Trinajstić information content (AvgIpc) is 3.43. The van der Waals surface area contributed by atoms with Gasteiger partial charge >= 0.3 is 0 Å². The van der Waals surface area contributed by atoms with Crippen molar-refractivity contribution in [2.24, 2.45) is 0 Å². The summed E-state index contributed by atoms with van der Waals surface area (Å²) in [6.07, 6.45) is 19.1. The number of nitrogens with zero attached hydrogens (tertiary/aromatic N) is 2. The lowest BCUT2D eigenvalue weighted by molar-refractivity contribution is 0.0320. The fourth-order valence-electron chi connectivity index (χ4n) is 7.63. The lowest BCUT2D eigenvalue weighted by atomic mass is 9.77. The molecular weight excluding hydrogens is 744 g/mol. The van der Waals surface area contributed by atoms with E-state index in [0.717, 1.165) is 78.8 Å². The molecule has 2 aliphatic heterocycles. The van der Waals surface area contributed by atoms with Crippen molar-refractivity contribution in [3.63, 3.8) is 0 Å². The number of ether oxygens (including phenoxy) is 3. The maximum Gasteiger partial charge on any atom is 0.222 e. The Morgan fingerprint density at radius 2 is 1.47 bits per heavy atom.